The van der Waals surface area contributed by atoms with Gasteiger partial charge in [0.1, 0.15) is 0 Å². The van der Waals surface area contributed by atoms with Gasteiger partial charge in [-0.1, -0.05) is 30.3 Å². The minimum Gasteiger partial charge on any atom is -0.385 e. The van der Waals surface area contributed by atoms with Gasteiger partial charge in [0.15, 0.2) is 0 Å². The Kier molecular flexibility index (Phi) is 5.37. The van der Waals surface area contributed by atoms with Crippen LogP contribution in [0.5, 0.6) is 0 Å². The summed E-state index contributed by atoms with van der Waals surface area (Å²) in [7, 11) is 1.77. The molecule has 0 spiro atoms. The highest BCUT2D eigenvalue weighted by atomic mass is 32.2. The Hall–Kier alpha value is -1.89. The molecule has 2 aromatic carbocycles. The maximum atomic E-state index is 13.3. The second-order valence-corrected chi connectivity index (χ2v) is 8.74. The van der Waals surface area contributed by atoms with Crippen molar-refractivity contribution in [3.8, 4) is 0 Å². The highest BCUT2D eigenvalue weighted by Gasteiger charge is 2.36. The topological polar surface area (TPSA) is 49.9 Å². The molecule has 0 radical (unpaired) electrons. The van der Waals surface area contributed by atoms with Crippen LogP contribution in [0.4, 0.5) is 5.69 Å². The summed E-state index contributed by atoms with van der Waals surface area (Å²) < 4.78 is 33.1. The molecular formula is C20H26N2O3S. The highest BCUT2D eigenvalue weighted by molar-refractivity contribution is 7.92. The molecule has 0 aliphatic carbocycles. The molecule has 0 N–H and O–H groups in total. The number of hydrogen-bond donors (Lipinski definition) is 0. The average Bonchev–Trinajstić information content (AvgIpc) is 2.69. The van der Waals surface area contributed by atoms with Crippen LogP contribution in [-0.4, -0.2) is 47.7 Å². The number of hydrogen-bond acceptors (Lipinski definition) is 4. The fourth-order valence-corrected chi connectivity index (χ4v) is 5.14. The monoisotopic (exact) mass is 374 g/mol. The SMILES string of the molecule is COCCCN(C)C1c2ccccc2N(C)S(=O)(=O)c2cc(C)ccc21. The van der Waals surface area contributed by atoms with Crippen molar-refractivity contribution in [1.29, 1.82) is 0 Å². The van der Waals surface area contributed by atoms with Crippen LogP contribution in [0.25, 0.3) is 0 Å². The van der Waals surface area contributed by atoms with Crippen LogP contribution in [0, 0.1) is 6.92 Å². The molecule has 0 fully saturated rings. The van der Waals surface area contributed by atoms with Gasteiger partial charge in [0.05, 0.1) is 16.6 Å². The lowest BCUT2D eigenvalue weighted by atomic mass is 9.95. The van der Waals surface area contributed by atoms with E-state index in [9.17, 15) is 8.42 Å². The molecule has 26 heavy (non-hydrogen) atoms. The second kappa shape index (κ2) is 7.39. The zero-order chi connectivity index (χ0) is 18.9. The van der Waals surface area contributed by atoms with Crippen LogP contribution in [0.15, 0.2) is 47.4 Å². The van der Waals surface area contributed by atoms with E-state index < -0.39 is 10.0 Å². The average molecular weight is 375 g/mol. The number of para-hydroxylation sites is 1. The van der Waals surface area contributed by atoms with Crippen molar-refractivity contribution in [3.63, 3.8) is 0 Å². The van der Waals surface area contributed by atoms with E-state index in [1.165, 1.54) is 4.31 Å². The summed E-state index contributed by atoms with van der Waals surface area (Å²) in [5.41, 5.74) is 3.49. The first-order chi connectivity index (χ1) is 12.4. The van der Waals surface area contributed by atoms with E-state index in [4.69, 9.17) is 4.74 Å². The van der Waals surface area contributed by atoms with Gasteiger partial charge in [-0.3, -0.25) is 9.21 Å². The van der Waals surface area contributed by atoms with E-state index >= 15 is 0 Å². The molecule has 140 valence electrons. The second-order valence-electron chi connectivity index (χ2n) is 6.80. The molecule has 6 heteroatoms. The zero-order valence-electron chi connectivity index (χ0n) is 15.8. The molecule has 3 rings (SSSR count). The quantitative estimate of drug-likeness (QED) is 0.754. The summed E-state index contributed by atoms with van der Waals surface area (Å²) in [6, 6.07) is 13.3. The van der Waals surface area contributed by atoms with Crippen molar-refractivity contribution in [2.75, 3.05) is 38.7 Å². The van der Waals surface area contributed by atoms with Crippen LogP contribution >= 0.6 is 0 Å². The smallest absolute Gasteiger partial charge is 0.264 e. The van der Waals surface area contributed by atoms with E-state index in [2.05, 4.69) is 4.90 Å². The number of anilines is 1. The summed E-state index contributed by atoms with van der Waals surface area (Å²) in [4.78, 5) is 2.60. The predicted molar refractivity (Wildman–Crippen MR) is 104 cm³/mol. The van der Waals surface area contributed by atoms with E-state index in [-0.39, 0.29) is 6.04 Å². The van der Waals surface area contributed by atoms with E-state index in [1.807, 2.05) is 50.4 Å². The molecule has 5 nitrogen and oxygen atoms in total. The number of rotatable bonds is 5. The van der Waals surface area contributed by atoms with E-state index in [0.717, 1.165) is 35.3 Å². The predicted octanol–water partition coefficient (Wildman–Crippen LogP) is 3.19. The van der Waals surface area contributed by atoms with E-state index in [0.29, 0.717) is 11.5 Å². The third-order valence-electron chi connectivity index (χ3n) is 4.97. The summed E-state index contributed by atoms with van der Waals surface area (Å²) in [6.45, 7) is 3.41. The minimum atomic E-state index is -3.60. The van der Waals surface area contributed by atoms with Crippen molar-refractivity contribution in [2.24, 2.45) is 0 Å². The van der Waals surface area contributed by atoms with Gasteiger partial charge >= 0.3 is 0 Å². The van der Waals surface area contributed by atoms with Gasteiger partial charge in [0, 0.05) is 27.3 Å². The normalized spacial score (nSPS) is 18.3. The first-order valence-electron chi connectivity index (χ1n) is 8.75. The fourth-order valence-electron chi connectivity index (χ4n) is 3.60. The Morgan fingerprint density at radius 3 is 2.62 bits per heavy atom. The molecular weight excluding hydrogens is 348 g/mol. The van der Waals surface area contributed by atoms with Gasteiger partial charge in [-0.25, -0.2) is 8.42 Å². The first-order valence-corrected chi connectivity index (χ1v) is 10.2. The molecule has 1 heterocycles. The van der Waals surface area contributed by atoms with Crippen molar-refractivity contribution in [3.05, 3.63) is 59.2 Å². The van der Waals surface area contributed by atoms with Crippen LogP contribution in [0.2, 0.25) is 0 Å². The summed E-state index contributed by atoms with van der Waals surface area (Å²) >= 11 is 0. The van der Waals surface area contributed by atoms with Gasteiger partial charge in [-0.15, -0.1) is 0 Å². The largest absolute Gasteiger partial charge is 0.385 e. The van der Waals surface area contributed by atoms with Crippen LogP contribution in [-0.2, 0) is 14.8 Å². The number of methoxy groups -OCH3 is 1. The number of sulfonamides is 1. The van der Waals surface area contributed by atoms with Crippen LogP contribution in [0.1, 0.15) is 29.2 Å². The number of fused-ring (bicyclic) bond motifs is 2. The standard InChI is InChI=1S/C20H26N2O3S/c1-15-10-11-17-19(14-15)26(23,24)22(3)18-9-6-5-8-16(18)20(17)21(2)12-7-13-25-4/h5-6,8-11,14,20H,7,12-13H2,1-4H3. The van der Waals surface area contributed by atoms with Gasteiger partial charge in [-0.2, -0.15) is 0 Å². The lowest BCUT2D eigenvalue weighted by Gasteiger charge is -2.29. The Bertz CT molecular complexity index is 896. The minimum absolute atomic E-state index is 0.126. The third-order valence-corrected chi connectivity index (χ3v) is 6.80. The first kappa shape index (κ1) is 18.9. The Morgan fingerprint density at radius 1 is 1.15 bits per heavy atom. The number of aryl methyl sites for hydroxylation is 1. The fraction of sp³-hybridized carbons (Fsp3) is 0.400. The molecule has 0 bridgehead atoms. The molecule has 1 unspecified atom stereocenters. The molecule has 1 atom stereocenters. The van der Waals surface area contributed by atoms with Crippen molar-refractivity contribution in [2.45, 2.75) is 24.3 Å². The zero-order valence-corrected chi connectivity index (χ0v) is 16.6. The Balaban J connectivity index is 2.21. The van der Waals surface area contributed by atoms with Crippen molar-refractivity contribution < 1.29 is 13.2 Å². The number of ether oxygens (including phenoxy) is 1. The maximum Gasteiger partial charge on any atom is 0.264 e. The molecule has 0 saturated carbocycles. The van der Waals surface area contributed by atoms with Gasteiger partial charge in [0.25, 0.3) is 10.0 Å². The molecule has 2 aromatic rings. The van der Waals surface area contributed by atoms with E-state index in [1.54, 1.807) is 20.2 Å². The van der Waals surface area contributed by atoms with Gasteiger partial charge < -0.3 is 4.74 Å². The molecule has 0 amide bonds. The lowest BCUT2D eigenvalue weighted by molar-refractivity contribution is 0.171. The summed E-state index contributed by atoms with van der Waals surface area (Å²) in [5, 5.41) is 0. The molecule has 1 aliphatic rings. The van der Waals surface area contributed by atoms with Crippen LogP contribution < -0.4 is 4.31 Å². The Labute approximate surface area is 156 Å². The van der Waals surface area contributed by atoms with Crippen LogP contribution in [0.3, 0.4) is 0 Å². The lowest BCUT2D eigenvalue weighted by Crippen LogP contribution is -2.27. The summed E-state index contributed by atoms with van der Waals surface area (Å²) in [6.07, 6.45) is 0.884. The van der Waals surface area contributed by atoms with Crippen molar-refractivity contribution in [1.82, 2.24) is 4.90 Å². The van der Waals surface area contributed by atoms with Gasteiger partial charge in [-0.05, 0) is 49.2 Å². The van der Waals surface area contributed by atoms with Gasteiger partial charge in [0.2, 0.25) is 0 Å². The molecule has 0 saturated heterocycles. The Morgan fingerprint density at radius 2 is 1.88 bits per heavy atom. The maximum absolute atomic E-state index is 13.3. The number of nitrogens with zero attached hydrogens (tertiary/aromatic N) is 2. The number of benzene rings is 2. The molecule has 0 aromatic heterocycles. The third kappa shape index (κ3) is 3.24. The van der Waals surface area contributed by atoms with Crippen molar-refractivity contribution >= 4 is 15.7 Å². The summed E-state index contributed by atoms with van der Waals surface area (Å²) in [5.74, 6) is 0. The molecule has 1 aliphatic heterocycles. The highest BCUT2D eigenvalue weighted by Crippen LogP contribution is 2.42.